The van der Waals surface area contributed by atoms with Crippen molar-refractivity contribution in [3.63, 3.8) is 0 Å². The smallest absolute Gasteiger partial charge is 0.142 e. The maximum Gasteiger partial charge on any atom is 0.142 e. The molecule has 0 heterocycles. The normalized spacial score (nSPS) is 15.4. The molecule has 88 valence electrons. The molecule has 0 unspecified atom stereocenters. The van der Waals surface area contributed by atoms with E-state index >= 15 is 0 Å². The highest BCUT2D eigenvalue weighted by Crippen LogP contribution is 2.33. The molecule has 2 rings (SSSR count). The van der Waals surface area contributed by atoms with Crippen LogP contribution >= 0.6 is 11.6 Å². The van der Waals surface area contributed by atoms with E-state index in [1.807, 2.05) is 6.07 Å². The van der Waals surface area contributed by atoms with Crippen molar-refractivity contribution >= 4 is 11.6 Å². The van der Waals surface area contributed by atoms with Crippen molar-refractivity contribution in [2.45, 2.75) is 32.2 Å². The van der Waals surface area contributed by atoms with E-state index in [4.69, 9.17) is 11.6 Å². The largest absolute Gasteiger partial charge is 0.313 e. The van der Waals surface area contributed by atoms with Crippen LogP contribution in [0.2, 0.25) is 5.02 Å². The molecule has 0 spiro atoms. The second-order valence-corrected chi connectivity index (χ2v) is 4.92. The highest BCUT2D eigenvalue weighted by molar-refractivity contribution is 6.30. The zero-order valence-electron chi connectivity index (χ0n) is 9.31. The number of benzene rings is 1. The SMILES string of the molecule is Fc1cc(CNCCCC2CC2)ccc1Cl. The Balaban J connectivity index is 1.65. The summed E-state index contributed by atoms with van der Waals surface area (Å²) >= 11 is 5.61. The van der Waals surface area contributed by atoms with Crippen LogP contribution in [0.25, 0.3) is 0 Å². The van der Waals surface area contributed by atoms with Gasteiger partial charge < -0.3 is 5.32 Å². The lowest BCUT2D eigenvalue weighted by molar-refractivity contribution is 0.589. The Morgan fingerprint density at radius 2 is 2.19 bits per heavy atom. The summed E-state index contributed by atoms with van der Waals surface area (Å²) in [5, 5.41) is 3.51. The summed E-state index contributed by atoms with van der Waals surface area (Å²) < 4.78 is 13.1. The summed E-state index contributed by atoms with van der Waals surface area (Å²) in [7, 11) is 0. The Morgan fingerprint density at radius 3 is 2.88 bits per heavy atom. The number of nitrogens with one attached hydrogen (secondary N) is 1. The lowest BCUT2D eigenvalue weighted by atomic mass is 10.2. The molecule has 1 aromatic rings. The molecule has 1 aromatic carbocycles. The van der Waals surface area contributed by atoms with Crippen LogP contribution in [0.3, 0.4) is 0 Å². The molecule has 0 atom stereocenters. The van der Waals surface area contributed by atoms with Crippen molar-refractivity contribution in [1.29, 1.82) is 0 Å². The van der Waals surface area contributed by atoms with Crippen molar-refractivity contribution in [3.05, 3.63) is 34.6 Å². The lowest BCUT2D eigenvalue weighted by Crippen LogP contribution is -2.14. The second kappa shape index (κ2) is 5.65. The first-order valence-electron chi connectivity index (χ1n) is 5.90. The summed E-state index contributed by atoms with van der Waals surface area (Å²) in [5.74, 6) is 0.661. The molecule has 3 heteroatoms. The van der Waals surface area contributed by atoms with Crippen molar-refractivity contribution in [1.82, 2.24) is 5.32 Å². The minimum absolute atomic E-state index is 0.192. The second-order valence-electron chi connectivity index (χ2n) is 4.51. The van der Waals surface area contributed by atoms with Gasteiger partial charge in [0.1, 0.15) is 5.82 Å². The predicted octanol–water partition coefficient (Wildman–Crippen LogP) is 3.76. The third-order valence-corrected chi connectivity index (χ3v) is 3.28. The van der Waals surface area contributed by atoms with E-state index in [2.05, 4.69) is 5.32 Å². The Morgan fingerprint density at radius 1 is 1.38 bits per heavy atom. The van der Waals surface area contributed by atoms with Gasteiger partial charge in [0, 0.05) is 6.54 Å². The molecule has 0 aromatic heterocycles. The standard InChI is InChI=1S/C13H17ClFN/c14-12-6-5-11(8-13(12)15)9-16-7-1-2-10-3-4-10/h5-6,8,10,16H,1-4,7,9H2. The average molecular weight is 242 g/mol. The van der Waals surface area contributed by atoms with Gasteiger partial charge in [-0.05, 0) is 43.0 Å². The molecule has 1 aliphatic carbocycles. The van der Waals surface area contributed by atoms with Gasteiger partial charge in [0.15, 0.2) is 0 Å². The van der Waals surface area contributed by atoms with Gasteiger partial charge in [0.05, 0.1) is 5.02 Å². The molecule has 1 N–H and O–H groups in total. The first-order chi connectivity index (χ1) is 7.75. The van der Waals surface area contributed by atoms with Crippen LogP contribution in [0.15, 0.2) is 18.2 Å². The summed E-state index contributed by atoms with van der Waals surface area (Å²) in [6.07, 6.45) is 5.40. The van der Waals surface area contributed by atoms with Gasteiger partial charge in [-0.2, -0.15) is 0 Å². The lowest BCUT2D eigenvalue weighted by Gasteiger charge is -2.05. The van der Waals surface area contributed by atoms with Gasteiger partial charge in [-0.1, -0.05) is 30.5 Å². The van der Waals surface area contributed by atoms with E-state index in [0.29, 0.717) is 0 Å². The molecule has 0 aliphatic heterocycles. The van der Waals surface area contributed by atoms with Crippen LogP contribution in [0.5, 0.6) is 0 Å². The molecular formula is C13H17ClFN. The van der Waals surface area contributed by atoms with Crippen LogP contribution in [0, 0.1) is 11.7 Å². The molecule has 1 fully saturated rings. The molecule has 0 amide bonds. The molecule has 0 bridgehead atoms. The fraction of sp³-hybridized carbons (Fsp3) is 0.538. The Labute approximate surface area is 101 Å². The summed E-state index contributed by atoms with van der Waals surface area (Å²) in [6, 6.07) is 4.97. The number of halogens is 2. The highest BCUT2D eigenvalue weighted by Gasteiger charge is 2.19. The predicted molar refractivity (Wildman–Crippen MR) is 65.1 cm³/mol. The average Bonchev–Trinajstić information content (AvgIpc) is 3.07. The molecule has 0 saturated heterocycles. The first kappa shape index (κ1) is 11.9. The van der Waals surface area contributed by atoms with E-state index < -0.39 is 0 Å². The topological polar surface area (TPSA) is 12.0 Å². The van der Waals surface area contributed by atoms with Crippen molar-refractivity contribution in [2.24, 2.45) is 5.92 Å². The van der Waals surface area contributed by atoms with Crippen molar-refractivity contribution < 1.29 is 4.39 Å². The molecule has 1 nitrogen and oxygen atoms in total. The Bertz CT molecular complexity index is 350. The van der Waals surface area contributed by atoms with Gasteiger partial charge in [0.2, 0.25) is 0 Å². The van der Waals surface area contributed by atoms with E-state index in [-0.39, 0.29) is 10.8 Å². The van der Waals surface area contributed by atoms with E-state index in [1.165, 1.54) is 31.7 Å². The maximum absolute atomic E-state index is 13.1. The highest BCUT2D eigenvalue weighted by atomic mass is 35.5. The van der Waals surface area contributed by atoms with Gasteiger partial charge in [-0.15, -0.1) is 0 Å². The van der Waals surface area contributed by atoms with Crippen LogP contribution in [-0.2, 0) is 6.54 Å². The minimum Gasteiger partial charge on any atom is -0.313 e. The zero-order valence-corrected chi connectivity index (χ0v) is 10.1. The van der Waals surface area contributed by atoms with E-state index in [9.17, 15) is 4.39 Å². The monoisotopic (exact) mass is 241 g/mol. The third kappa shape index (κ3) is 3.76. The number of hydrogen-bond acceptors (Lipinski definition) is 1. The van der Waals surface area contributed by atoms with E-state index in [1.54, 1.807) is 6.07 Å². The van der Waals surface area contributed by atoms with Crippen LogP contribution in [0.1, 0.15) is 31.2 Å². The van der Waals surface area contributed by atoms with E-state index in [0.717, 1.165) is 24.6 Å². The van der Waals surface area contributed by atoms with Crippen molar-refractivity contribution in [2.75, 3.05) is 6.54 Å². The maximum atomic E-state index is 13.1. The zero-order chi connectivity index (χ0) is 11.4. The summed E-state index contributed by atoms with van der Waals surface area (Å²) in [4.78, 5) is 0. The fourth-order valence-corrected chi connectivity index (χ4v) is 1.92. The van der Waals surface area contributed by atoms with Crippen LogP contribution < -0.4 is 5.32 Å². The number of rotatable bonds is 6. The fourth-order valence-electron chi connectivity index (χ4n) is 1.80. The molecular weight excluding hydrogens is 225 g/mol. The van der Waals surface area contributed by atoms with Crippen LogP contribution in [0.4, 0.5) is 4.39 Å². The molecule has 0 radical (unpaired) electrons. The molecule has 16 heavy (non-hydrogen) atoms. The third-order valence-electron chi connectivity index (χ3n) is 2.98. The molecule has 1 aliphatic rings. The first-order valence-corrected chi connectivity index (χ1v) is 6.28. The van der Waals surface area contributed by atoms with Gasteiger partial charge >= 0.3 is 0 Å². The Kier molecular flexibility index (Phi) is 4.19. The van der Waals surface area contributed by atoms with Crippen LogP contribution in [-0.4, -0.2) is 6.54 Å². The number of hydrogen-bond donors (Lipinski definition) is 1. The quantitative estimate of drug-likeness (QED) is 0.748. The summed E-state index contributed by atoms with van der Waals surface area (Å²) in [5.41, 5.74) is 0.952. The van der Waals surface area contributed by atoms with Gasteiger partial charge in [-0.3, -0.25) is 0 Å². The minimum atomic E-state index is -0.334. The van der Waals surface area contributed by atoms with Gasteiger partial charge in [-0.25, -0.2) is 4.39 Å². The molecule has 1 saturated carbocycles. The summed E-state index contributed by atoms with van der Waals surface area (Å²) in [6.45, 7) is 1.74. The van der Waals surface area contributed by atoms with Crippen molar-refractivity contribution in [3.8, 4) is 0 Å². The van der Waals surface area contributed by atoms with Gasteiger partial charge in [0.25, 0.3) is 0 Å². The Hall–Kier alpha value is -0.600.